The van der Waals surface area contributed by atoms with Crippen molar-refractivity contribution >= 4 is 28.5 Å². The molecule has 1 atom stereocenters. The second kappa shape index (κ2) is 14.2. The molecule has 0 bridgehead atoms. The normalized spacial score (nSPS) is 18.3. The number of amides is 1. The molecular weight excluding hydrogens is 631 g/mol. The van der Waals surface area contributed by atoms with Crippen molar-refractivity contribution in [3.63, 3.8) is 0 Å². The van der Waals surface area contributed by atoms with E-state index in [9.17, 15) is 22.8 Å². The summed E-state index contributed by atoms with van der Waals surface area (Å²) in [6.07, 6.45) is 8.55. The molecule has 2 fully saturated rings. The van der Waals surface area contributed by atoms with Crippen LogP contribution in [-0.4, -0.2) is 51.2 Å². The van der Waals surface area contributed by atoms with Crippen LogP contribution in [0.1, 0.15) is 73.0 Å². The van der Waals surface area contributed by atoms with Gasteiger partial charge in [-0.15, -0.1) is 0 Å². The zero-order valence-electron chi connectivity index (χ0n) is 26.1. The molecule has 12 heteroatoms. The molecule has 1 aliphatic carbocycles. The van der Waals surface area contributed by atoms with Gasteiger partial charge in [-0.1, -0.05) is 43.0 Å². The number of nitrogens with one attached hydrogen (secondary N) is 1. The fourth-order valence-corrected chi connectivity index (χ4v) is 7.57. The van der Waals surface area contributed by atoms with Crippen LogP contribution < -0.4 is 10.7 Å². The minimum Gasteiger partial charge on any atom is -0.451 e. The lowest BCUT2D eigenvalue weighted by molar-refractivity contribution is -0.137. The van der Waals surface area contributed by atoms with Crippen molar-refractivity contribution in [3.05, 3.63) is 93.3 Å². The van der Waals surface area contributed by atoms with Gasteiger partial charge in [-0.05, 0) is 98.8 Å². The van der Waals surface area contributed by atoms with Gasteiger partial charge in [-0.25, -0.2) is 4.98 Å². The number of likely N-dealkylation sites (tertiary alicyclic amines) is 1. The lowest BCUT2D eigenvalue weighted by Crippen LogP contribution is -2.48. The third-order valence-electron chi connectivity index (χ3n) is 10.1. The highest BCUT2D eigenvalue weighted by Gasteiger charge is 2.42. The summed E-state index contributed by atoms with van der Waals surface area (Å²) in [4.78, 5) is 32.8. The Kier molecular flexibility index (Phi) is 10.0. The number of nitrogens with zero attached hydrogens (tertiary/aromatic N) is 4. The van der Waals surface area contributed by atoms with E-state index in [1.165, 1.54) is 32.1 Å². The van der Waals surface area contributed by atoms with E-state index in [0.717, 1.165) is 68.8 Å². The van der Waals surface area contributed by atoms with E-state index in [4.69, 9.17) is 16.0 Å². The van der Waals surface area contributed by atoms with Crippen LogP contribution in [0.15, 0.2) is 70.4 Å². The molecule has 47 heavy (non-hydrogen) atoms. The van der Waals surface area contributed by atoms with Crippen LogP contribution in [-0.2, 0) is 19.1 Å². The number of benzene rings is 2. The first-order chi connectivity index (χ1) is 22.6. The van der Waals surface area contributed by atoms with E-state index in [0.29, 0.717) is 23.8 Å². The van der Waals surface area contributed by atoms with Gasteiger partial charge in [0.15, 0.2) is 11.2 Å². The maximum Gasteiger partial charge on any atom is 0.416 e. The summed E-state index contributed by atoms with van der Waals surface area (Å²) in [5.74, 6) is -0.159. The molecule has 0 unspecified atom stereocenters. The number of alkyl halides is 3. The van der Waals surface area contributed by atoms with Gasteiger partial charge in [-0.3, -0.25) is 14.3 Å². The third-order valence-corrected chi connectivity index (χ3v) is 10.3. The largest absolute Gasteiger partial charge is 0.451 e. The van der Waals surface area contributed by atoms with Crippen LogP contribution in [0.3, 0.4) is 0 Å². The lowest BCUT2D eigenvalue weighted by atomic mass is 9.63. The average Bonchev–Trinajstić information content (AvgIpc) is 3.58. The van der Waals surface area contributed by atoms with Crippen LogP contribution >= 0.6 is 11.6 Å². The standard InChI is InChI=1S/C35H39ClF3N5O3/c36-27-9-6-24(7-10-27)18-28(42-33(46)32-20-30(45)29-19-26(35(37,38)39)8-11-31(29)47-32)12-15-43-16-13-34(14-17-43,21-44-23-40-22-41-44)25-4-2-1-3-5-25/h6-11,19-20,22-23,25,28H,1-5,12-18,21H2,(H,42,46)/t28-/m1/s1. The molecule has 4 aromatic rings. The average molecular weight is 670 g/mol. The SMILES string of the molecule is O=C(N[C@H](CCN1CCC(Cn2cncn2)(C2CCCCC2)CC1)Cc1ccc(Cl)cc1)c1cc(=O)c2cc(C(F)(F)F)ccc2o1. The first-order valence-electron chi connectivity index (χ1n) is 16.3. The molecule has 2 aromatic heterocycles. The van der Waals surface area contributed by atoms with Gasteiger partial charge in [0.2, 0.25) is 0 Å². The number of hydrogen-bond donors (Lipinski definition) is 1. The fourth-order valence-electron chi connectivity index (χ4n) is 7.44. The number of halogens is 4. The monoisotopic (exact) mass is 669 g/mol. The number of carbonyl (C=O) groups excluding carboxylic acids is 1. The Morgan fingerprint density at radius 3 is 2.49 bits per heavy atom. The summed E-state index contributed by atoms with van der Waals surface area (Å²) in [5.41, 5.74) is -0.564. The Morgan fingerprint density at radius 1 is 1.06 bits per heavy atom. The predicted octanol–water partition coefficient (Wildman–Crippen LogP) is 7.15. The van der Waals surface area contributed by atoms with E-state index in [1.807, 2.05) is 23.1 Å². The van der Waals surface area contributed by atoms with Gasteiger partial charge in [-0.2, -0.15) is 18.3 Å². The number of aromatic nitrogens is 3. The number of fused-ring (bicyclic) bond motifs is 1. The molecule has 250 valence electrons. The van der Waals surface area contributed by atoms with Gasteiger partial charge in [0, 0.05) is 30.2 Å². The van der Waals surface area contributed by atoms with Crippen molar-refractivity contribution in [1.29, 1.82) is 0 Å². The smallest absolute Gasteiger partial charge is 0.416 e. The summed E-state index contributed by atoms with van der Waals surface area (Å²) in [6, 6.07) is 10.8. The van der Waals surface area contributed by atoms with Crippen molar-refractivity contribution in [3.8, 4) is 0 Å². The van der Waals surface area contributed by atoms with Crippen LogP contribution in [0.25, 0.3) is 11.0 Å². The first kappa shape index (κ1) is 33.2. The molecule has 1 N–H and O–H groups in total. The molecule has 2 aromatic carbocycles. The Hall–Kier alpha value is -3.70. The summed E-state index contributed by atoms with van der Waals surface area (Å²) in [6.45, 7) is 3.55. The Labute approximate surface area is 276 Å². The molecular formula is C35H39ClF3N5O3. The van der Waals surface area contributed by atoms with E-state index >= 15 is 0 Å². The maximum atomic E-state index is 13.4. The highest BCUT2D eigenvalue weighted by Crippen LogP contribution is 2.47. The van der Waals surface area contributed by atoms with Crippen molar-refractivity contribution in [1.82, 2.24) is 25.0 Å². The molecule has 1 amide bonds. The topological polar surface area (TPSA) is 93.3 Å². The molecule has 6 rings (SSSR count). The predicted molar refractivity (Wildman–Crippen MR) is 173 cm³/mol. The van der Waals surface area contributed by atoms with Crippen LogP contribution in [0.2, 0.25) is 5.02 Å². The minimum atomic E-state index is -4.60. The second-order valence-electron chi connectivity index (χ2n) is 13.1. The van der Waals surface area contributed by atoms with E-state index in [2.05, 4.69) is 20.3 Å². The highest BCUT2D eigenvalue weighted by atomic mass is 35.5. The van der Waals surface area contributed by atoms with Gasteiger partial charge in [0.05, 0.1) is 10.9 Å². The van der Waals surface area contributed by atoms with Crippen molar-refractivity contribution in [2.45, 2.75) is 76.6 Å². The van der Waals surface area contributed by atoms with Gasteiger partial charge in [0.25, 0.3) is 5.91 Å². The molecule has 1 saturated heterocycles. The first-order valence-corrected chi connectivity index (χ1v) is 16.7. The quantitative estimate of drug-likeness (QED) is 0.193. The molecule has 0 spiro atoms. The van der Waals surface area contributed by atoms with Gasteiger partial charge < -0.3 is 14.6 Å². The number of hydrogen-bond acceptors (Lipinski definition) is 6. The molecule has 2 aliphatic rings. The highest BCUT2D eigenvalue weighted by molar-refractivity contribution is 6.30. The lowest BCUT2D eigenvalue weighted by Gasteiger charge is -2.48. The minimum absolute atomic E-state index is 0.0782. The maximum absolute atomic E-state index is 13.4. The Balaban J connectivity index is 1.15. The summed E-state index contributed by atoms with van der Waals surface area (Å²) < 4.78 is 47.2. The molecule has 3 heterocycles. The second-order valence-corrected chi connectivity index (χ2v) is 13.5. The number of rotatable bonds is 10. The van der Waals surface area contributed by atoms with Crippen molar-refractivity contribution in [2.75, 3.05) is 19.6 Å². The van der Waals surface area contributed by atoms with E-state index in [1.54, 1.807) is 18.5 Å². The van der Waals surface area contributed by atoms with Gasteiger partial charge in [0.1, 0.15) is 18.2 Å². The molecule has 0 radical (unpaired) electrons. The van der Waals surface area contributed by atoms with Crippen molar-refractivity contribution < 1.29 is 22.4 Å². The Bertz CT molecular complexity index is 1710. The van der Waals surface area contributed by atoms with Crippen molar-refractivity contribution in [2.24, 2.45) is 11.3 Å². The third kappa shape index (κ3) is 8.06. The zero-order valence-corrected chi connectivity index (χ0v) is 26.9. The summed E-state index contributed by atoms with van der Waals surface area (Å²) in [7, 11) is 0. The van der Waals surface area contributed by atoms with Crippen LogP contribution in [0, 0.1) is 11.3 Å². The number of piperidine rings is 1. The summed E-state index contributed by atoms with van der Waals surface area (Å²) in [5, 5.41) is 7.85. The Morgan fingerprint density at radius 2 is 1.81 bits per heavy atom. The fraction of sp³-hybridized carbons (Fsp3) is 0.486. The van der Waals surface area contributed by atoms with Crippen LogP contribution in [0.5, 0.6) is 0 Å². The molecule has 1 saturated carbocycles. The molecule has 1 aliphatic heterocycles. The zero-order chi connectivity index (χ0) is 33.0. The molecule has 8 nitrogen and oxygen atoms in total. The van der Waals surface area contributed by atoms with Crippen LogP contribution in [0.4, 0.5) is 13.2 Å². The summed E-state index contributed by atoms with van der Waals surface area (Å²) >= 11 is 6.11. The van der Waals surface area contributed by atoms with Gasteiger partial charge >= 0.3 is 6.18 Å². The van der Waals surface area contributed by atoms with E-state index in [-0.39, 0.29) is 28.2 Å². The van der Waals surface area contributed by atoms with E-state index < -0.39 is 23.1 Å². The number of carbonyl (C=O) groups is 1.